The third kappa shape index (κ3) is 2.51. The number of carbonyl (C=O) groups is 2. The van der Waals surface area contributed by atoms with Crippen LogP contribution < -0.4 is 0 Å². The van der Waals surface area contributed by atoms with Crippen molar-refractivity contribution in [2.75, 3.05) is 6.54 Å². The predicted octanol–water partition coefficient (Wildman–Crippen LogP) is 3.17. The van der Waals surface area contributed by atoms with Gasteiger partial charge in [0.15, 0.2) is 0 Å². The topological polar surface area (TPSA) is 37.4 Å². The number of likely N-dealkylation sites (tertiary alicyclic amines) is 1. The van der Waals surface area contributed by atoms with Crippen molar-refractivity contribution >= 4 is 11.7 Å². The Bertz CT molecular complexity index is 376. The fourth-order valence-corrected chi connectivity index (χ4v) is 4.63. The molecule has 3 heteroatoms. The van der Waals surface area contributed by atoms with Gasteiger partial charge in [0, 0.05) is 30.3 Å². The maximum absolute atomic E-state index is 12.9. The summed E-state index contributed by atoms with van der Waals surface area (Å²) in [6, 6.07) is 0.453. The van der Waals surface area contributed by atoms with Crippen molar-refractivity contribution in [3.05, 3.63) is 0 Å². The third-order valence-electron chi connectivity index (χ3n) is 5.78. The van der Waals surface area contributed by atoms with E-state index in [2.05, 4.69) is 11.8 Å². The SMILES string of the molecule is CCC1CCCCN1C(=O)C1CC2CCCC(C1)C2=O. The highest BCUT2D eigenvalue weighted by molar-refractivity contribution is 5.88. The number of carbonyl (C=O) groups excluding carboxylic acids is 2. The molecule has 1 aliphatic heterocycles. The Hall–Kier alpha value is -0.860. The van der Waals surface area contributed by atoms with Gasteiger partial charge in [-0.25, -0.2) is 0 Å². The number of amides is 1. The maximum Gasteiger partial charge on any atom is 0.225 e. The van der Waals surface area contributed by atoms with Gasteiger partial charge in [0.05, 0.1) is 0 Å². The van der Waals surface area contributed by atoms with Gasteiger partial charge in [-0.3, -0.25) is 9.59 Å². The molecule has 3 nitrogen and oxygen atoms in total. The Morgan fingerprint density at radius 2 is 1.80 bits per heavy atom. The molecule has 3 rings (SSSR count). The molecule has 0 N–H and O–H groups in total. The summed E-state index contributed by atoms with van der Waals surface area (Å²) in [6.07, 6.45) is 9.56. The average Bonchev–Trinajstić information content (AvgIpc) is 2.46. The highest BCUT2D eigenvalue weighted by atomic mass is 16.2. The number of hydrogen-bond donors (Lipinski definition) is 0. The van der Waals surface area contributed by atoms with Gasteiger partial charge in [-0.1, -0.05) is 13.3 Å². The molecule has 3 aliphatic rings. The minimum Gasteiger partial charge on any atom is -0.339 e. The van der Waals surface area contributed by atoms with E-state index in [4.69, 9.17) is 0 Å². The molecule has 0 radical (unpaired) electrons. The molecular weight excluding hydrogens is 250 g/mol. The van der Waals surface area contributed by atoms with Crippen molar-refractivity contribution in [1.29, 1.82) is 0 Å². The summed E-state index contributed by atoms with van der Waals surface area (Å²) in [7, 11) is 0. The lowest BCUT2D eigenvalue weighted by Crippen LogP contribution is -2.49. The fourth-order valence-electron chi connectivity index (χ4n) is 4.63. The van der Waals surface area contributed by atoms with Crippen LogP contribution in [0.1, 0.15) is 64.7 Å². The minimum atomic E-state index is 0.134. The van der Waals surface area contributed by atoms with Gasteiger partial charge in [-0.05, 0) is 51.4 Å². The molecule has 0 aromatic heterocycles. The van der Waals surface area contributed by atoms with Gasteiger partial charge < -0.3 is 4.90 Å². The number of hydrogen-bond acceptors (Lipinski definition) is 2. The van der Waals surface area contributed by atoms with Crippen LogP contribution in [0.5, 0.6) is 0 Å². The number of Topliss-reactive ketones (excluding diaryl/α,β-unsaturated/α-hetero) is 1. The van der Waals surface area contributed by atoms with Gasteiger partial charge in [0.2, 0.25) is 5.91 Å². The molecule has 2 bridgehead atoms. The summed E-state index contributed by atoms with van der Waals surface area (Å²) in [4.78, 5) is 27.2. The zero-order chi connectivity index (χ0) is 14.1. The summed E-state index contributed by atoms with van der Waals surface area (Å²) < 4.78 is 0. The molecule has 3 fully saturated rings. The summed E-state index contributed by atoms with van der Waals surface area (Å²) in [5.74, 6) is 1.35. The molecule has 2 saturated carbocycles. The number of ketones is 1. The van der Waals surface area contributed by atoms with E-state index in [1.54, 1.807) is 0 Å². The van der Waals surface area contributed by atoms with E-state index in [9.17, 15) is 9.59 Å². The molecular formula is C17H27NO2. The first-order chi connectivity index (χ1) is 9.70. The van der Waals surface area contributed by atoms with Gasteiger partial charge in [-0.2, -0.15) is 0 Å². The van der Waals surface area contributed by atoms with Crippen molar-refractivity contribution in [3.8, 4) is 0 Å². The molecule has 0 spiro atoms. The normalized spacial score (nSPS) is 37.9. The Morgan fingerprint density at radius 3 is 2.45 bits per heavy atom. The van der Waals surface area contributed by atoms with Crippen LogP contribution in [0.25, 0.3) is 0 Å². The van der Waals surface area contributed by atoms with Crippen molar-refractivity contribution in [2.45, 2.75) is 70.8 Å². The van der Waals surface area contributed by atoms with Gasteiger partial charge in [-0.15, -0.1) is 0 Å². The number of nitrogens with zero attached hydrogens (tertiary/aromatic N) is 1. The highest BCUT2D eigenvalue weighted by Gasteiger charge is 2.43. The molecule has 3 atom stereocenters. The van der Waals surface area contributed by atoms with E-state index in [0.717, 1.165) is 45.1 Å². The van der Waals surface area contributed by atoms with E-state index in [1.165, 1.54) is 19.3 Å². The lowest BCUT2D eigenvalue weighted by atomic mass is 9.66. The molecule has 1 saturated heterocycles. The van der Waals surface area contributed by atoms with E-state index in [1.807, 2.05) is 0 Å². The Labute approximate surface area is 122 Å². The van der Waals surface area contributed by atoms with Crippen LogP contribution in [0.3, 0.4) is 0 Å². The second-order valence-corrected chi connectivity index (χ2v) is 6.98. The van der Waals surface area contributed by atoms with Crippen LogP contribution in [-0.2, 0) is 9.59 Å². The van der Waals surface area contributed by atoms with Crippen LogP contribution in [0.4, 0.5) is 0 Å². The minimum absolute atomic E-state index is 0.134. The molecule has 20 heavy (non-hydrogen) atoms. The van der Waals surface area contributed by atoms with E-state index in [-0.39, 0.29) is 17.8 Å². The van der Waals surface area contributed by atoms with Crippen LogP contribution in [0.2, 0.25) is 0 Å². The zero-order valence-electron chi connectivity index (χ0n) is 12.6. The number of rotatable bonds is 2. The summed E-state index contributed by atoms with van der Waals surface area (Å²) >= 11 is 0. The largest absolute Gasteiger partial charge is 0.339 e. The predicted molar refractivity (Wildman–Crippen MR) is 78.2 cm³/mol. The van der Waals surface area contributed by atoms with Crippen LogP contribution >= 0.6 is 0 Å². The van der Waals surface area contributed by atoms with Crippen molar-refractivity contribution in [1.82, 2.24) is 4.90 Å². The maximum atomic E-state index is 12.9. The second-order valence-electron chi connectivity index (χ2n) is 6.98. The highest BCUT2D eigenvalue weighted by Crippen LogP contribution is 2.41. The van der Waals surface area contributed by atoms with Gasteiger partial charge >= 0.3 is 0 Å². The Morgan fingerprint density at radius 1 is 1.10 bits per heavy atom. The van der Waals surface area contributed by atoms with Crippen molar-refractivity contribution in [3.63, 3.8) is 0 Å². The van der Waals surface area contributed by atoms with Crippen LogP contribution in [0, 0.1) is 17.8 Å². The van der Waals surface area contributed by atoms with E-state index in [0.29, 0.717) is 17.7 Å². The fraction of sp³-hybridized carbons (Fsp3) is 0.882. The average molecular weight is 277 g/mol. The quantitative estimate of drug-likeness (QED) is 0.777. The van der Waals surface area contributed by atoms with E-state index < -0.39 is 0 Å². The second kappa shape index (κ2) is 5.87. The molecule has 0 aromatic rings. The van der Waals surface area contributed by atoms with Gasteiger partial charge in [0.1, 0.15) is 5.78 Å². The Kier molecular flexibility index (Phi) is 4.13. The molecule has 0 aromatic carbocycles. The molecule has 3 unspecified atom stereocenters. The summed E-state index contributed by atoms with van der Waals surface area (Å²) in [5, 5.41) is 0. The first-order valence-electron chi connectivity index (χ1n) is 8.55. The first kappa shape index (κ1) is 14.1. The first-order valence-corrected chi connectivity index (χ1v) is 8.55. The van der Waals surface area contributed by atoms with Crippen LogP contribution in [0.15, 0.2) is 0 Å². The van der Waals surface area contributed by atoms with Crippen LogP contribution in [-0.4, -0.2) is 29.2 Å². The van der Waals surface area contributed by atoms with Crippen molar-refractivity contribution in [2.24, 2.45) is 17.8 Å². The molecule has 1 heterocycles. The van der Waals surface area contributed by atoms with E-state index >= 15 is 0 Å². The molecule has 112 valence electrons. The third-order valence-corrected chi connectivity index (χ3v) is 5.78. The lowest BCUT2D eigenvalue weighted by molar-refractivity contribution is -0.145. The number of fused-ring (bicyclic) bond motifs is 2. The standard InChI is InChI=1S/C17H27NO2/c1-2-15-8-3-4-9-18(15)17(20)14-10-12-6-5-7-13(11-14)16(12)19/h12-15H,2-11H2,1H3. The molecule has 1 amide bonds. The summed E-state index contributed by atoms with van der Waals surface area (Å²) in [6.45, 7) is 3.13. The van der Waals surface area contributed by atoms with Crippen molar-refractivity contribution < 1.29 is 9.59 Å². The monoisotopic (exact) mass is 277 g/mol. The zero-order valence-corrected chi connectivity index (χ0v) is 12.6. The Balaban J connectivity index is 1.69. The lowest BCUT2D eigenvalue weighted by Gasteiger charge is -2.42. The smallest absolute Gasteiger partial charge is 0.225 e. The number of piperidine rings is 1. The molecule has 2 aliphatic carbocycles. The summed E-state index contributed by atoms with van der Waals surface area (Å²) in [5.41, 5.74) is 0. The van der Waals surface area contributed by atoms with Gasteiger partial charge in [0.25, 0.3) is 0 Å².